The van der Waals surface area contributed by atoms with E-state index in [1.165, 1.54) is 7.11 Å². The second-order valence-corrected chi connectivity index (χ2v) is 2.65. The molecule has 0 saturated heterocycles. The van der Waals surface area contributed by atoms with Gasteiger partial charge in [-0.05, 0) is 6.08 Å². The molecule has 0 radical (unpaired) electrons. The van der Waals surface area contributed by atoms with E-state index in [4.69, 9.17) is 5.11 Å². The summed E-state index contributed by atoms with van der Waals surface area (Å²) >= 11 is 0. The van der Waals surface area contributed by atoms with Crippen LogP contribution in [0.5, 0.6) is 0 Å². The van der Waals surface area contributed by atoms with Gasteiger partial charge in [0.05, 0.1) is 12.1 Å². The topological polar surface area (TPSA) is 58.9 Å². The van der Waals surface area contributed by atoms with Gasteiger partial charge in [0.1, 0.15) is 7.11 Å². The summed E-state index contributed by atoms with van der Waals surface area (Å²) in [6, 6.07) is 0. The zero-order chi connectivity index (χ0) is 9.68. The van der Waals surface area contributed by atoms with E-state index in [1.807, 2.05) is 6.08 Å². The fraction of sp³-hybridized carbons (Fsp3) is 0.333. The van der Waals surface area contributed by atoms with Gasteiger partial charge in [0.25, 0.3) is 0 Å². The maximum Gasteiger partial charge on any atom is 0.304 e. The largest absolute Gasteiger partial charge is 0.481 e. The highest BCUT2D eigenvalue weighted by Gasteiger charge is 2.16. The number of hydrogen-bond acceptors (Lipinski definition) is 3. The van der Waals surface area contributed by atoms with Crippen molar-refractivity contribution in [2.24, 2.45) is 11.1 Å². The predicted molar refractivity (Wildman–Crippen MR) is 48.5 cm³/mol. The van der Waals surface area contributed by atoms with Gasteiger partial charge in [0.15, 0.2) is 0 Å². The molecule has 0 aromatic rings. The summed E-state index contributed by atoms with van der Waals surface area (Å²) in [4.78, 5) is 15.1. The number of nitrogens with zero attached hydrogens (tertiary/aromatic N) is 1. The van der Waals surface area contributed by atoms with Gasteiger partial charge in [-0.1, -0.05) is 23.4 Å². The highest BCUT2D eigenvalue weighted by atomic mass is 16.6. The number of rotatable bonds is 3. The third-order valence-electron chi connectivity index (χ3n) is 1.69. The molecule has 1 rings (SSSR count). The molecule has 0 spiro atoms. The number of aliphatic carboxylic acids is 1. The maximum atomic E-state index is 10.5. The van der Waals surface area contributed by atoms with Crippen molar-refractivity contribution < 1.29 is 14.7 Å². The number of carboxylic acid groups (broad SMARTS) is 1. The first kappa shape index (κ1) is 9.51. The van der Waals surface area contributed by atoms with Crippen molar-refractivity contribution in [2.75, 3.05) is 7.11 Å². The lowest BCUT2D eigenvalue weighted by molar-refractivity contribution is -0.137. The molecule has 0 amide bonds. The van der Waals surface area contributed by atoms with Crippen molar-refractivity contribution in [2.45, 2.75) is 6.42 Å². The van der Waals surface area contributed by atoms with Gasteiger partial charge in [-0.2, -0.15) is 0 Å². The summed E-state index contributed by atoms with van der Waals surface area (Å²) < 4.78 is 0. The van der Waals surface area contributed by atoms with E-state index < -0.39 is 5.97 Å². The molecular weight excluding hydrogens is 170 g/mol. The highest BCUT2D eigenvalue weighted by molar-refractivity contribution is 6.00. The predicted octanol–water partition coefficient (Wildman–Crippen LogP) is 1.21. The first-order chi connectivity index (χ1) is 6.24. The molecule has 4 nitrogen and oxygen atoms in total. The third kappa shape index (κ3) is 2.74. The summed E-state index contributed by atoms with van der Waals surface area (Å²) in [7, 11) is 1.44. The molecule has 0 aromatic heterocycles. The number of carboxylic acids is 1. The van der Waals surface area contributed by atoms with Crippen LogP contribution < -0.4 is 0 Å². The van der Waals surface area contributed by atoms with E-state index in [-0.39, 0.29) is 12.3 Å². The molecule has 0 bridgehead atoms. The molecule has 70 valence electrons. The number of hydrogen-bond donors (Lipinski definition) is 1. The molecule has 0 aromatic carbocycles. The molecule has 4 heteroatoms. The molecule has 1 aliphatic rings. The van der Waals surface area contributed by atoms with Crippen LogP contribution in [0.3, 0.4) is 0 Å². The Morgan fingerprint density at radius 3 is 3.08 bits per heavy atom. The maximum absolute atomic E-state index is 10.5. The lowest BCUT2D eigenvalue weighted by Crippen LogP contribution is -2.16. The average Bonchev–Trinajstić information content (AvgIpc) is 2.08. The van der Waals surface area contributed by atoms with Gasteiger partial charge in [0, 0.05) is 5.92 Å². The van der Waals surface area contributed by atoms with Crippen LogP contribution in [0.2, 0.25) is 0 Å². The Bertz CT molecular complexity index is 279. The Hall–Kier alpha value is -1.58. The van der Waals surface area contributed by atoms with Crippen LogP contribution in [-0.4, -0.2) is 23.9 Å². The van der Waals surface area contributed by atoms with Crippen LogP contribution in [0.4, 0.5) is 0 Å². The van der Waals surface area contributed by atoms with Gasteiger partial charge < -0.3 is 9.94 Å². The fourth-order valence-electron chi connectivity index (χ4n) is 1.14. The van der Waals surface area contributed by atoms with Crippen molar-refractivity contribution in [3.63, 3.8) is 0 Å². The Balaban J connectivity index is 2.70. The SMILES string of the molecule is CO/N=C1/C=CC=CC1CC(=O)O. The van der Waals surface area contributed by atoms with Gasteiger partial charge in [-0.15, -0.1) is 0 Å². The molecule has 13 heavy (non-hydrogen) atoms. The minimum Gasteiger partial charge on any atom is -0.481 e. The van der Waals surface area contributed by atoms with Crippen LogP contribution in [0.15, 0.2) is 29.5 Å². The molecular formula is C9H11NO3. The molecule has 1 aliphatic carbocycles. The van der Waals surface area contributed by atoms with E-state index in [9.17, 15) is 4.79 Å². The summed E-state index contributed by atoms with van der Waals surface area (Å²) in [5.74, 6) is -1.02. The average molecular weight is 181 g/mol. The molecule has 0 fully saturated rings. The van der Waals surface area contributed by atoms with E-state index >= 15 is 0 Å². The first-order valence-corrected chi connectivity index (χ1v) is 3.91. The number of allylic oxidation sites excluding steroid dienone is 4. The normalized spacial score (nSPS) is 23.5. The van der Waals surface area contributed by atoms with Crippen LogP contribution in [0.25, 0.3) is 0 Å². The van der Waals surface area contributed by atoms with Crippen molar-refractivity contribution in [1.82, 2.24) is 0 Å². The molecule has 1 atom stereocenters. The number of oxime groups is 1. The van der Waals surface area contributed by atoms with Crippen LogP contribution in [0, 0.1) is 5.92 Å². The lowest BCUT2D eigenvalue weighted by atomic mass is 9.95. The van der Waals surface area contributed by atoms with Crippen molar-refractivity contribution in [3.8, 4) is 0 Å². The number of carbonyl (C=O) groups is 1. The minimum atomic E-state index is -0.839. The quantitative estimate of drug-likeness (QED) is 0.665. The smallest absolute Gasteiger partial charge is 0.304 e. The highest BCUT2D eigenvalue weighted by Crippen LogP contribution is 2.13. The van der Waals surface area contributed by atoms with Crippen molar-refractivity contribution in [3.05, 3.63) is 24.3 Å². The van der Waals surface area contributed by atoms with Crippen LogP contribution >= 0.6 is 0 Å². The standard InChI is InChI=1S/C9H11NO3/c1-13-10-8-5-3-2-4-7(8)6-9(11)12/h2-5,7H,6H2,1H3,(H,11,12)/b10-8-. The Morgan fingerprint density at radius 2 is 2.46 bits per heavy atom. The van der Waals surface area contributed by atoms with Gasteiger partial charge in [-0.25, -0.2) is 0 Å². The molecule has 0 heterocycles. The lowest BCUT2D eigenvalue weighted by Gasteiger charge is -2.11. The summed E-state index contributed by atoms with van der Waals surface area (Å²) in [6.07, 6.45) is 7.20. The molecule has 1 unspecified atom stereocenters. The van der Waals surface area contributed by atoms with E-state index in [0.29, 0.717) is 5.71 Å². The van der Waals surface area contributed by atoms with E-state index in [1.54, 1.807) is 18.2 Å². The van der Waals surface area contributed by atoms with Crippen molar-refractivity contribution >= 4 is 11.7 Å². The monoisotopic (exact) mass is 181 g/mol. The summed E-state index contributed by atoms with van der Waals surface area (Å²) in [5.41, 5.74) is 0.646. The fourth-order valence-corrected chi connectivity index (χ4v) is 1.14. The molecule has 1 N–H and O–H groups in total. The minimum absolute atomic E-state index is 0.0447. The van der Waals surface area contributed by atoms with Gasteiger partial charge in [0.2, 0.25) is 0 Å². The van der Waals surface area contributed by atoms with E-state index in [2.05, 4.69) is 9.99 Å². The summed E-state index contributed by atoms with van der Waals surface area (Å²) in [6.45, 7) is 0. The first-order valence-electron chi connectivity index (χ1n) is 3.91. The third-order valence-corrected chi connectivity index (χ3v) is 1.69. The molecule has 0 aliphatic heterocycles. The van der Waals surface area contributed by atoms with Crippen LogP contribution in [-0.2, 0) is 9.63 Å². The summed E-state index contributed by atoms with van der Waals surface area (Å²) in [5, 5.41) is 12.3. The zero-order valence-electron chi connectivity index (χ0n) is 7.30. The zero-order valence-corrected chi connectivity index (χ0v) is 7.30. The Labute approximate surface area is 76.2 Å². The van der Waals surface area contributed by atoms with E-state index in [0.717, 1.165) is 0 Å². The van der Waals surface area contributed by atoms with Gasteiger partial charge in [-0.3, -0.25) is 4.79 Å². The van der Waals surface area contributed by atoms with Crippen molar-refractivity contribution in [1.29, 1.82) is 0 Å². The molecule has 0 saturated carbocycles. The second-order valence-electron chi connectivity index (χ2n) is 2.65. The van der Waals surface area contributed by atoms with Gasteiger partial charge >= 0.3 is 5.97 Å². The Kier molecular flexibility index (Phi) is 3.25. The second kappa shape index (κ2) is 4.45. The Morgan fingerprint density at radius 1 is 1.69 bits per heavy atom. The van der Waals surface area contributed by atoms with Crippen LogP contribution in [0.1, 0.15) is 6.42 Å².